The van der Waals surface area contributed by atoms with Crippen molar-refractivity contribution in [3.63, 3.8) is 0 Å². The van der Waals surface area contributed by atoms with Crippen molar-refractivity contribution in [1.29, 1.82) is 0 Å². The number of quaternary nitrogens is 2. The third kappa shape index (κ3) is 5.12. The van der Waals surface area contributed by atoms with E-state index in [1.807, 2.05) is 12.1 Å². The minimum Gasteiger partial charge on any atom is -0.351 e. The molecule has 5 heteroatoms. The zero-order valence-electron chi connectivity index (χ0n) is 12.0. The van der Waals surface area contributed by atoms with Crippen LogP contribution in [0.15, 0.2) is 24.3 Å². The molecule has 1 aromatic rings. The third-order valence-electron chi connectivity index (χ3n) is 3.88. The van der Waals surface area contributed by atoms with Gasteiger partial charge in [-0.05, 0) is 12.1 Å². The SMILES string of the molecule is CC(=O)NCC[NH+]1CC[NH+](Cc2ccc(Cl)cc2)CC1. The number of benzene rings is 1. The van der Waals surface area contributed by atoms with E-state index >= 15 is 0 Å². The van der Waals surface area contributed by atoms with Gasteiger partial charge < -0.3 is 15.1 Å². The maximum absolute atomic E-state index is 10.8. The molecule has 1 saturated heterocycles. The van der Waals surface area contributed by atoms with E-state index in [2.05, 4.69) is 17.4 Å². The molecule has 0 radical (unpaired) electrons. The van der Waals surface area contributed by atoms with Crippen LogP contribution in [0.2, 0.25) is 5.02 Å². The average Bonchev–Trinajstić information content (AvgIpc) is 2.43. The molecular formula is C15H24ClN3O+2. The Morgan fingerprint density at radius 3 is 2.35 bits per heavy atom. The number of hydrogen-bond acceptors (Lipinski definition) is 1. The van der Waals surface area contributed by atoms with Crippen LogP contribution in [0.3, 0.4) is 0 Å². The number of carbonyl (C=O) groups excluding carboxylic acids is 1. The minimum absolute atomic E-state index is 0.0661. The number of hydrogen-bond donors (Lipinski definition) is 3. The number of amides is 1. The molecule has 1 aliphatic rings. The van der Waals surface area contributed by atoms with Gasteiger partial charge in [0.15, 0.2) is 0 Å². The third-order valence-corrected chi connectivity index (χ3v) is 4.14. The van der Waals surface area contributed by atoms with Crippen LogP contribution >= 0.6 is 11.6 Å². The van der Waals surface area contributed by atoms with E-state index in [9.17, 15) is 4.79 Å². The zero-order valence-corrected chi connectivity index (χ0v) is 12.8. The first-order chi connectivity index (χ1) is 9.63. The summed E-state index contributed by atoms with van der Waals surface area (Å²) in [6.45, 7) is 9.23. The molecule has 1 aromatic carbocycles. The van der Waals surface area contributed by atoms with Gasteiger partial charge in [-0.1, -0.05) is 23.7 Å². The van der Waals surface area contributed by atoms with Gasteiger partial charge in [-0.2, -0.15) is 0 Å². The van der Waals surface area contributed by atoms with Crippen LogP contribution in [-0.2, 0) is 11.3 Å². The van der Waals surface area contributed by atoms with E-state index < -0.39 is 0 Å². The Morgan fingerprint density at radius 1 is 1.15 bits per heavy atom. The van der Waals surface area contributed by atoms with Crippen molar-refractivity contribution in [2.75, 3.05) is 39.3 Å². The molecular weight excluding hydrogens is 274 g/mol. The van der Waals surface area contributed by atoms with E-state index in [4.69, 9.17) is 11.6 Å². The van der Waals surface area contributed by atoms with Gasteiger partial charge in [-0.15, -0.1) is 0 Å². The Morgan fingerprint density at radius 2 is 1.75 bits per heavy atom. The molecule has 0 atom stereocenters. The molecule has 0 saturated carbocycles. The highest BCUT2D eigenvalue weighted by Gasteiger charge is 2.22. The Kier molecular flexibility index (Phi) is 5.83. The number of halogens is 1. The summed E-state index contributed by atoms with van der Waals surface area (Å²) in [5, 5.41) is 3.67. The van der Waals surface area contributed by atoms with E-state index in [-0.39, 0.29) is 5.91 Å². The summed E-state index contributed by atoms with van der Waals surface area (Å²) in [5.41, 5.74) is 1.35. The highest BCUT2D eigenvalue weighted by Crippen LogP contribution is 2.08. The molecule has 1 fully saturated rings. The number of carbonyl (C=O) groups is 1. The van der Waals surface area contributed by atoms with E-state index in [0.717, 1.165) is 24.7 Å². The van der Waals surface area contributed by atoms with Gasteiger partial charge in [0.25, 0.3) is 0 Å². The number of piperazine rings is 1. The van der Waals surface area contributed by atoms with Crippen LogP contribution in [0.25, 0.3) is 0 Å². The molecule has 0 spiro atoms. The predicted molar refractivity (Wildman–Crippen MR) is 80.1 cm³/mol. The summed E-state index contributed by atoms with van der Waals surface area (Å²) in [4.78, 5) is 14.1. The van der Waals surface area contributed by atoms with Gasteiger partial charge in [0.2, 0.25) is 5.91 Å². The highest BCUT2D eigenvalue weighted by atomic mass is 35.5. The normalized spacial score (nSPS) is 22.5. The first kappa shape index (κ1) is 15.3. The second-order valence-electron chi connectivity index (χ2n) is 5.54. The molecule has 4 nitrogen and oxygen atoms in total. The summed E-state index contributed by atoms with van der Waals surface area (Å²) in [6.07, 6.45) is 0. The number of rotatable bonds is 5. The van der Waals surface area contributed by atoms with E-state index in [1.165, 1.54) is 31.7 Å². The molecule has 0 bridgehead atoms. The maximum atomic E-state index is 10.8. The summed E-state index contributed by atoms with van der Waals surface area (Å²) >= 11 is 5.90. The van der Waals surface area contributed by atoms with Gasteiger partial charge in [0.05, 0.1) is 13.1 Å². The van der Waals surface area contributed by atoms with Crippen molar-refractivity contribution in [2.24, 2.45) is 0 Å². The second kappa shape index (κ2) is 7.62. The van der Waals surface area contributed by atoms with Gasteiger partial charge >= 0.3 is 0 Å². The van der Waals surface area contributed by atoms with Gasteiger partial charge in [0.1, 0.15) is 32.7 Å². The van der Waals surface area contributed by atoms with E-state index in [1.54, 1.807) is 16.7 Å². The molecule has 1 heterocycles. The first-order valence-corrected chi connectivity index (χ1v) is 7.67. The van der Waals surface area contributed by atoms with Crippen LogP contribution in [0.5, 0.6) is 0 Å². The quantitative estimate of drug-likeness (QED) is 0.625. The van der Waals surface area contributed by atoms with Crippen molar-refractivity contribution in [3.05, 3.63) is 34.9 Å². The van der Waals surface area contributed by atoms with Crippen LogP contribution in [0, 0.1) is 0 Å². The zero-order chi connectivity index (χ0) is 14.4. The van der Waals surface area contributed by atoms with Gasteiger partial charge in [-0.3, -0.25) is 4.79 Å². The van der Waals surface area contributed by atoms with Crippen molar-refractivity contribution >= 4 is 17.5 Å². The van der Waals surface area contributed by atoms with Crippen molar-refractivity contribution < 1.29 is 14.6 Å². The van der Waals surface area contributed by atoms with E-state index in [0.29, 0.717) is 0 Å². The summed E-state index contributed by atoms with van der Waals surface area (Å²) in [7, 11) is 0. The van der Waals surface area contributed by atoms with Crippen molar-refractivity contribution in [1.82, 2.24) is 5.32 Å². The molecule has 0 unspecified atom stereocenters. The molecule has 0 aromatic heterocycles. The topological polar surface area (TPSA) is 38.0 Å². The maximum Gasteiger partial charge on any atom is 0.217 e. The molecule has 20 heavy (non-hydrogen) atoms. The highest BCUT2D eigenvalue weighted by molar-refractivity contribution is 6.30. The minimum atomic E-state index is 0.0661. The summed E-state index contributed by atoms with van der Waals surface area (Å²) < 4.78 is 0. The largest absolute Gasteiger partial charge is 0.351 e. The van der Waals surface area contributed by atoms with Gasteiger partial charge in [0, 0.05) is 17.5 Å². The summed E-state index contributed by atoms with van der Waals surface area (Å²) in [5.74, 6) is 0.0661. The monoisotopic (exact) mass is 297 g/mol. The lowest BCUT2D eigenvalue weighted by Gasteiger charge is -2.29. The predicted octanol–water partition coefficient (Wildman–Crippen LogP) is -1.24. The van der Waals surface area contributed by atoms with Crippen LogP contribution in [0.4, 0.5) is 0 Å². The van der Waals surface area contributed by atoms with Crippen molar-refractivity contribution in [3.8, 4) is 0 Å². The molecule has 1 amide bonds. The lowest BCUT2D eigenvalue weighted by Crippen LogP contribution is -3.27. The lowest BCUT2D eigenvalue weighted by molar-refractivity contribution is -1.02. The average molecular weight is 298 g/mol. The molecule has 110 valence electrons. The van der Waals surface area contributed by atoms with Gasteiger partial charge in [-0.25, -0.2) is 0 Å². The van der Waals surface area contributed by atoms with Crippen LogP contribution in [0.1, 0.15) is 12.5 Å². The van der Waals surface area contributed by atoms with Crippen molar-refractivity contribution in [2.45, 2.75) is 13.5 Å². The lowest BCUT2D eigenvalue weighted by atomic mass is 10.2. The standard InChI is InChI=1S/C15H22ClN3O/c1-13(20)17-6-7-18-8-10-19(11-9-18)12-14-2-4-15(16)5-3-14/h2-5H,6-12H2,1H3,(H,17,20)/p+2. The second-order valence-corrected chi connectivity index (χ2v) is 5.97. The Bertz CT molecular complexity index is 427. The van der Waals surface area contributed by atoms with Crippen LogP contribution < -0.4 is 15.1 Å². The smallest absolute Gasteiger partial charge is 0.217 e. The summed E-state index contributed by atoms with van der Waals surface area (Å²) in [6, 6.07) is 8.16. The number of nitrogens with one attached hydrogen (secondary N) is 3. The Labute approximate surface area is 125 Å². The molecule has 1 aliphatic heterocycles. The first-order valence-electron chi connectivity index (χ1n) is 7.29. The fraction of sp³-hybridized carbons (Fsp3) is 0.533. The molecule has 2 rings (SSSR count). The molecule has 0 aliphatic carbocycles. The Hall–Kier alpha value is -1.10. The fourth-order valence-electron chi connectivity index (χ4n) is 2.69. The molecule has 3 N–H and O–H groups in total. The Balaban J connectivity index is 1.68. The fourth-order valence-corrected chi connectivity index (χ4v) is 2.82. The van der Waals surface area contributed by atoms with Crippen LogP contribution in [-0.4, -0.2) is 45.2 Å².